The molecule has 1 unspecified atom stereocenters. The SMILES string of the molecule is CC(C)=CCCC1=CCC(C(C)(C)O)C(C)(C)C1. The molecular weight excluding hydrogens is 220 g/mol. The van der Waals surface area contributed by atoms with Crippen molar-refractivity contribution in [2.75, 3.05) is 0 Å². The monoisotopic (exact) mass is 250 g/mol. The van der Waals surface area contributed by atoms with E-state index in [4.69, 9.17) is 0 Å². The second-order valence-corrected chi connectivity index (χ2v) is 7.29. The molecule has 0 aromatic heterocycles. The Labute approximate surface area is 113 Å². The van der Waals surface area contributed by atoms with E-state index in [2.05, 4.69) is 39.8 Å². The van der Waals surface area contributed by atoms with Crippen molar-refractivity contribution in [3.05, 3.63) is 23.3 Å². The highest BCUT2D eigenvalue weighted by molar-refractivity contribution is 5.14. The van der Waals surface area contributed by atoms with E-state index < -0.39 is 5.60 Å². The fraction of sp³-hybridized carbons (Fsp3) is 0.765. The van der Waals surface area contributed by atoms with Crippen LogP contribution in [0.15, 0.2) is 23.3 Å². The van der Waals surface area contributed by atoms with Crippen molar-refractivity contribution in [2.24, 2.45) is 11.3 Å². The number of allylic oxidation sites excluding steroid dienone is 4. The van der Waals surface area contributed by atoms with E-state index in [9.17, 15) is 5.11 Å². The van der Waals surface area contributed by atoms with Gasteiger partial charge in [-0.3, -0.25) is 0 Å². The van der Waals surface area contributed by atoms with Crippen molar-refractivity contribution in [1.82, 2.24) is 0 Å². The van der Waals surface area contributed by atoms with Gasteiger partial charge >= 0.3 is 0 Å². The molecule has 0 spiro atoms. The zero-order valence-corrected chi connectivity index (χ0v) is 13.0. The summed E-state index contributed by atoms with van der Waals surface area (Å²) < 4.78 is 0. The number of hydrogen-bond acceptors (Lipinski definition) is 1. The Morgan fingerprint density at radius 2 is 2.06 bits per heavy atom. The molecule has 1 aliphatic rings. The standard InChI is InChI=1S/C17H30O/c1-13(2)8-7-9-14-10-11-15(17(5,6)18)16(3,4)12-14/h8,10,15,18H,7,9,11-12H2,1-6H3. The summed E-state index contributed by atoms with van der Waals surface area (Å²) in [6.45, 7) is 12.8. The Morgan fingerprint density at radius 3 is 2.50 bits per heavy atom. The maximum Gasteiger partial charge on any atom is 0.0627 e. The first kappa shape index (κ1) is 15.5. The molecule has 0 bridgehead atoms. The van der Waals surface area contributed by atoms with E-state index in [1.54, 1.807) is 5.57 Å². The van der Waals surface area contributed by atoms with Crippen LogP contribution in [-0.2, 0) is 0 Å². The summed E-state index contributed by atoms with van der Waals surface area (Å²) in [5.74, 6) is 0.359. The van der Waals surface area contributed by atoms with Crippen LogP contribution in [0, 0.1) is 11.3 Å². The molecule has 1 N–H and O–H groups in total. The van der Waals surface area contributed by atoms with E-state index in [1.807, 2.05) is 13.8 Å². The van der Waals surface area contributed by atoms with Gasteiger partial charge in [-0.1, -0.05) is 37.1 Å². The maximum atomic E-state index is 10.3. The fourth-order valence-corrected chi connectivity index (χ4v) is 3.37. The lowest BCUT2D eigenvalue weighted by atomic mass is 9.63. The van der Waals surface area contributed by atoms with Crippen molar-refractivity contribution in [3.8, 4) is 0 Å². The summed E-state index contributed by atoms with van der Waals surface area (Å²) in [7, 11) is 0. The minimum absolute atomic E-state index is 0.202. The average Bonchev–Trinajstić information content (AvgIpc) is 2.13. The highest BCUT2D eigenvalue weighted by Crippen LogP contribution is 2.46. The lowest BCUT2D eigenvalue weighted by Crippen LogP contribution is -2.42. The van der Waals surface area contributed by atoms with Crippen LogP contribution in [0.5, 0.6) is 0 Å². The summed E-state index contributed by atoms with van der Waals surface area (Å²) in [5, 5.41) is 10.3. The molecule has 1 rings (SSSR count). The zero-order chi connectivity index (χ0) is 14.0. The third kappa shape index (κ3) is 4.28. The molecule has 0 aromatic carbocycles. The highest BCUT2D eigenvalue weighted by Gasteiger charge is 2.41. The lowest BCUT2D eigenvalue weighted by molar-refractivity contribution is -0.0409. The van der Waals surface area contributed by atoms with Crippen molar-refractivity contribution < 1.29 is 5.11 Å². The molecule has 18 heavy (non-hydrogen) atoms. The van der Waals surface area contributed by atoms with Gasteiger partial charge < -0.3 is 5.11 Å². The van der Waals surface area contributed by atoms with Gasteiger partial charge in [-0.2, -0.15) is 0 Å². The average molecular weight is 250 g/mol. The molecule has 0 radical (unpaired) electrons. The predicted molar refractivity (Wildman–Crippen MR) is 79.6 cm³/mol. The highest BCUT2D eigenvalue weighted by atomic mass is 16.3. The summed E-state index contributed by atoms with van der Waals surface area (Å²) >= 11 is 0. The molecule has 0 aliphatic heterocycles. The van der Waals surface area contributed by atoms with E-state index >= 15 is 0 Å². The Kier molecular flexibility index (Phi) is 4.83. The molecule has 0 amide bonds. The molecule has 0 fully saturated rings. The second kappa shape index (κ2) is 5.61. The Hall–Kier alpha value is -0.560. The van der Waals surface area contributed by atoms with Crippen molar-refractivity contribution in [3.63, 3.8) is 0 Å². The quantitative estimate of drug-likeness (QED) is 0.706. The van der Waals surface area contributed by atoms with Gasteiger partial charge in [0.05, 0.1) is 5.60 Å². The van der Waals surface area contributed by atoms with Gasteiger partial charge in [0.2, 0.25) is 0 Å². The van der Waals surface area contributed by atoms with Crippen LogP contribution in [0.25, 0.3) is 0 Å². The zero-order valence-electron chi connectivity index (χ0n) is 13.0. The maximum absolute atomic E-state index is 10.3. The lowest BCUT2D eigenvalue weighted by Gasteiger charge is -2.44. The van der Waals surface area contributed by atoms with Crippen LogP contribution in [0.2, 0.25) is 0 Å². The van der Waals surface area contributed by atoms with Crippen LogP contribution in [-0.4, -0.2) is 10.7 Å². The van der Waals surface area contributed by atoms with Crippen LogP contribution in [0.4, 0.5) is 0 Å². The fourth-order valence-electron chi connectivity index (χ4n) is 3.37. The molecule has 0 aromatic rings. The first-order valence-electron chi connectivity index (χ1n) is 7.16. The minimum Gasteiger partial charge on any atom is -0.390 e. The van der Waals surface area contributed by atoms with E-state index in [0.29, 0.717) is 5.92 Å². The normalized spacial score (nSPS) is 23.5. The van der Waals surface area contributed by atoms with Gasteiger partial charge in [-0.05, 0) is 64.7 Å². The predicted octanol–water partition coefficient (Wildman–Crippen LogP) is 4.87. The van der Waals surface area contributed by atoms with Crippen LogP contribution < -0.4 is 0 Å². The third-order valence-electron chi connectivity index (χ3n) is 4.14. The number of hydrogen-bond donors (Lipinski definition) is 1. The molecule has 0 saturated heterocycles. The Balaban J connectivity index is 2.68. The summed E-state index contributed by atoms with van der Waals surface area (Å²) in [6, 6.07) is 0. The van der Waals surface area contributed by atoms with Crippen LogP contribution in [0.3, 0.4) is 0 Å². The molecule has 1 atom stereocenters. The number of aliphatic hydroxyl groups is 1. The van der Waals surface area contributed by atoms with Crippen molar-refractivity contribution in [2.45, 2.75) is 72.8 Å². The smallest absolute Gasteiger partial charge is 0.0627 e. The summed E-state index contributed by atoms with van der Waals surface area (Å²) in [6.07, 6.45) is 9.15. The van der Waals surface area contributed by atoms with E-state index in [0.717, 1.165) is 19.3 Å². The molecule has 0 saturated carbocycles. The van der Waals surface area contributed by atoms with Gasteiger partial charge in [0.1, 0.15) is 0 Å². The minimum atomic E-state index is -0.578. The van der Waals surface area contributed by atoms with Crippen LogP contribution >= 0.6 is 0 Å². The molecule has 1 heteroatoms. The second-order valence-electron chi connectivity index (χ2n) is 7.29. The summed E-state index contributed by atoms with van der Waals surface area (Å²) in [4.78, 5) is 0. The first-order valence-corrected chi connectivity index (χ1v) is 7.16. The van der Waals surface area contributed by atoms with Gasteiger partial charge in [-0.25, -0.2) is 0 Å². The van der Waals surface area contributed by atoms with Gasteiger partial charge in [0, 0.05) is 0 Å². The first-order chi connectivity index (χ1) is 8.13. The molecular formula is C17H30O. The van der Waals surface area contributed by atoms with E-state index in [1.165, 1.54) is 12.0 Å². The van der Waals surface area contributed by atoms with E-state index in [-0.39, 0.29) is 5.41 Å². The molecule has 104 valence electrons. The number of rotatable bonds is 4. The van der Waals surface area contributed by atoms with Crippen LogP contribution in [0.1, 0.15) is 67.2 Å². The Bertz CT molecular complexity index is 335. The van der Waals surface area contributed by atoms with Gasteiger partial charge in [0.15, 0.2) is 0 Å². The third-order valence-corrected chi connectivity index (χ3v) is 4.14. The molecule has 0 heterocycles. The topological polar surface area (TPSA) is 20.2 Å². The molecule has 1 nitrogen and oxygen atoms in total. The summed E-state index contributed by atoms with van der Waals surface area (Å²) in [5.41, 5.74) is 2.59. The van der Waals surface area contributed by atoms with Gasteiger partial charge in [0.25, 0.3) is 0 Å². The largest absolute Gasteiger partial charge is 0.390 e. The van der Waals surface area contributed by atoms with Crippen molar-refractivity contribution >= 4 is 0 Å². The Morgan fingerprint density at radius 1 is 1.44 bits per heavy atom. The molecule has 1 aliphatic carbocycles. The van der Waals surface area contributed by atoms with Crippen molar-refractivity contribution in [1.29, 1.82) is 0 Å². The van der Waals surface area contributed by atoms with Gasteiger partial charge in [-0.15, -0.1) is 0 Å².